The molecule has 0 aliphatic carbocycles. The van der Waals surface area contributed by atoms with E-state index in [9.17, 15) is 0 Å². The lowest BCUT2D eigenvalue weighted by Crippen LogP contribution is -2.62. The fraction of sp³-hybridized carbons (Fsp3) is 0.897. The van der Waals surface area contributed by atoms with Gasteiger partial charge in [0.2, 0.25) is 17.8 Å². The van der Waals surface area contributed by atoms with Gasteiger partial charge >= 0.3 is 0 Å². The normalized spacial score (nSPS) is 23.0. The first-order chi connectivity index (χ1) is 17.0. The van der Waals surface area contributed by atoms with E-state index in [-0.39, 0.29) is 22.2 Å². The Kier molecular flexibility index (Phi) is 8.75. The van der Waals surface area contributed by atoms with E-state index in [1.165, 1.54) is 0 Å². The maximum atomic E-state index is 5.14. The first-order valence-electron chi connectivity index (χ1n) is 14.5. The number of nitrogens with zero attached hydrogens (tertiary/aromatic N) is 6. The third kappa shape index (κ3) is 7.69. The number of nitrogens with one attached hydrogen (secondary N) is 2. The summed E-state index contributed by atoms with van der Waals surface area (Å²) in [5.41, 5.74) is 0.218. The number of piperidine rings is 2. The molecule has 1 aromatic rings. The van der Waals surface area contributed by atoms with E-state index >= 15 is 0 Å². The Bertz CT molecular complexity index is 809. The van der Waals surface area contributed by atoms with Crippen molar-refractivity contribution < 1.29 is 0 Å². The molecular weight excluding hydrogens is 460 g/mol. The summed E-state index contributed by atoms with van der Waals surface area (Å²) in [6, 6.07) is 0.699. The lowest BCUT2D eigenvalue weighted by molar-refractivity contribution is 0.160. The zero-order valence-corrected chi connectivity index (χ0v) is 26.0. The fourth-order valence-electron chi connectivity index (χ4n) is 7.06. The molecule has 2 saturated heterocycles. The minimum atomic E-state index is 0.0544. The third-order valence-corrected chi connectivity index (χ3v) is 7.93. The number of hydrogen-bond donors (Lipinski definition) is 2. The molecule has 0 amide bonds. The maximum Gasteiger partial charge on any atom is 0.231 e. The Labute approximate surface area is 227 Å². The predicted molar refractivity (Wildman–Crippen MR) is 158 cm³/mol. The van der Waals surface area contributed by atoms with Crippen LogP contribution < -0.4 is 25.3 Å². The molecule has 0 bridgehead atoms. The van der Waals surface area contributed by atoms with Crippen LogP contribution >= 0.6 is 0 Å². The summed E-state index contributed by atoms with van der Waals surface area (Å²) in [7, 11) is 4.34. The maximum absolute atomic E-state index is 5.14. The van der Waals surface area contributed by atoms with Gasteiger partial charge < -0.3 is 25.3 Å². The largest absolute Gasteiger partial charge is 0.341 e. The zero-order valence-electron chi connectivity index (χ0n) is 26.0. The average Bonchev–Trinajstić information content (AvgIpc) is 2.73. The van der Waals surface area contributed by atoms with Crippen molar-refractivity contribution in [3.63, 3.8) is 0 Å². The standard InChI is InChI=1S/C29H56N8/c1-13-15-37(16-14-2)25-31-23(35(11)21-17-26(3,4)33-27(5,6)18-21)30-24(32-25)36(12)22-19-28(7,8)34-29(9,10)20-22/h21-22,33-34H,13-20H2,1-12H3. The van der Waals surface area contributed by atoms with Crippen LogP contribution in [-0.2, 0) is 0 Å². The van der Waals surface area contributed by atoms with E-state index in [2.05, 4.69) is 109 Å². The van der Waals surface area contributed by atoms with E-state index in [4.69, 9.17) is 15.0 Å². The Morgan fingerprint density at radius 2 is 0.892 bits per heavy atom. The summed E-state index contributed by atoms with van der Waals surface area (Å²) in [5.74, 6) is 2.38. The van der Waals surface area contributed by atoms with Crippen LogP contribution in [0, 0.1) is 0 Å². The first-order valence-corrected chi connectivity index (χ1v) is 14.5. The molecule has 0 spiro atoms. The zero-order chi connectivity index (χ0) is 27.8. The van der Waals surface area contributed by atoms with Crippen molar-refractivity contribution in [1.29, 1.82) is 0 Å². The number of rotatable bonds is 9. The van der Waals surface area contributed by atoms with Crippen LogP contribution in [0.2, 0.25) is 0 Å². The molecule has 0 atom stereocenters. The van der Waals surface area contributed by atoms with E-state index < -0.39 is 0 Å². The van der Waals surface area contributed by atoms with Crippen molar-refractivity contribution in [2.24, 2.45) is 0 Å². The van der Waals surface area contributed by atoms with Gasteiger partial charge in [0, 0.05) is 61.4 Å². The van der Waals surface area contributed by atoms with Gasteiger partial charge in [-0.3, -0.25) is 0 Å². The van der Waals surface area contributed by atoms with Crippen LogP contribution in [0.1, 0.15) is 108 Å². The molecule has 8 nitrogen and oxygen atoms in total. The van der Waals surface area contributed by atoms with Crippen LogP contribution in [0.5, 0.6) is 0 Å². The highest BCUT2D eigenvalue weighted by Crippen LogP contribution is 2.35. The minimum Gasteiger partial charge on any atom is -0.341 e. The van der Waals surface area contributed by atoms with E-state index in [1.807, 2.05) is 0 Å². The molecule has 37 heavy (non-hydrogen) atoms. The molecule has 212 valence electrons. The summed E-state index contributed by atoms with van der Waals surface area (Å²) in [4.78, 5) is 22.3. The molecule has 3 heterocycles. The van der Waals surface area contributed by atoms with Gasteiger partial charge in [0.25, 0.3) is 0 Å². The third-order valence-electron chi connectivity index (χ3n) is 7.93. The van der Waals surface area contributed by atoms with E-state index in [1.54, 1.807) is 0 Å². The van der Waals surface area contributed by atoms with Crippen LogP contribution in [0.3, 0.4) is 0 Å². The van der Waals surface area contributed by atoms with Crippen LogP contribution in [0.4, 0.5) is 17.8 Å². The van der Waals surface area contributed by atoms with Crippen molar-refractivity contribution in [3.05, 3.63) is 0 Å². The summed E-state index contributed by atoms with van der Waals surface area (Å²) < 4.78 is 0. The second-order valence-electron chi connectivity index (χ2n) is 14.4. The lowest BCUT2D eigenvalue weighted by Gasteiger charge is -2.49. The van der Waals surface area contributed by atoms with Crippen molar-refractivity contribution >= 4 is 17.8 Å². The van der Waals surface area contributed by atoms with Gasteiger partial charge in [-0.2, -0.15) is 15.0 Å². The summed E-state index contributed by atoms with van der Waals surface area (Å²) in [6.45, 7) is 24.8. The van der Waals surface area contributed by atoms with Crippen molar-refractivity contribution in [2.45, 2.75) is 142 Å². The minimum absolute atomic E-state index is 0.0544. The molecule has 8 heteroatoms. The molecule has 2 fully saturated rings. The molecule has 0 radical (unpaired) electrons. The van der Waals surface area contributed by atoms with Gasteiger partial charge in [-0.15, -0.1) is 0 Å². The van der Waals surface area contributed by atoms with Gasteiger partial charge in [-0.1, -0.05) is 13.8 Å². The van der Waals surface area contributed by atoms with Crippen molar-refractivity contribution in [2.75, 3.05) is 41.9 Å². The van der Waals surface area contributed by atoms with Gasteiger partial charge in [-0.25, -0.2) is 0 Å². The molecule has 3 rings (SSSR count). The lowest BCUT2D eigenvalue weighted by atomic mass is 9.79. The fourth-order valence-corrected chi connectivity index (χ4v) is 7.06. The topological polar surface area (TPSA) is 72.5 Å². The SMILES string of the molecule is CCCN(CCC)c1nc(N(C)C2CC(C)(C)NC(C)(C)C2)nc(N(C)C2CC(C)(C)NC(C)(C)C2)n1. The Hall–Kier alpha value is -1.67. The van der Waals surface area contributed by atoms with Crippen LogP contribution in [0.15, 0.2) is 0 Å². The monoisotopic (exact) mass is 516 g/mol. The first kappa shape index (κ1) is 29.9. The Balaban J connectivity index is 2.02. The predicted octanol–water partition coefficient (Wildman–Crippen LogP) is 4.99. The van der Waals surface area contributed by atoms with Gasteiger partial charge in [0.15, 0.2) is 0 Å². The van der Waals surface area contributed by atoms with Gasteiger partial charge in [-0.05, 0) is 93.9 Å². The number of hydrogen-bond acceptors (Lipinski definition) is 8. The molecule has 0 aromatic carbocycles. The summed E-state index contributed by atoms with van der Waals surface area (Å²) in [6.07, 6.45) is 6.31. The molecule has 2 aliphatic heterocycles. The smallest absolute Gasteiger partial charge is 0.231 e. The Morgan fingerprint density at radius 1 is 0.595 bits per heavy atom. The quantitative estimate of drug-likeness (QED) is 0.476. The van der Waals surface area contributed by atoms with Crippen LogP contribution in [-0.4, -0.2) is 76.4 Å². The van der Waals surface area contributed by atoms with Gasteiger partial charge in [0.05, 0.1) is 0 Å². The highest BCUT2D eigenvalue weighted by Gasteiger charge is 2.41. The average molecular weight is 517 g/mol. The second kappa shape index (κ2) is 10.8. The van der Waals surface area contributed by atoms with Gasteiger partial charge in [0.1, 0.15) is 0 Å². The van der Waals surface area contributed by atoms with Crippen molar-refractivity contribution in [3.8, 4) is 0 Å². The number of anilines is 3. The molecule has 0 saturated carbocycles. The second-order valence-corrected chi connectivity index (χ2v) is 14.4. The molecule has 1 aromatic heterocycles. The Morgan fingerprint density at radius 3 is 1.19 bits per heavy atom. The highest BCUT2D eigenvalue weighted by atomic mass is 15.4. The summed E-state index contributed by atoms with van der Waals surface area (Å²) >= 11 is 0. The molecule has 2 aliphatic rings. The van der Waals surface area contributed by atoms with Crippen LogP contribution in [0.25, 0.3) is 0 Å². The molecule has 2 N–H and O–H groups in total. The number of aromatic nitrogens is 3. The van der Waals surface area contributed by atoms with E-state index in [0.717, 1.165) is 69.5 Å². The van der Waals surface area contributed by atoms with E-state index in [0.29, 0.717) is 12.1 Å². The van der Waals surface area contributed by atoms with Crippen molar-refractivity contribution in [1.82, 2.24) is 25.6 Å². The summed E-state index contributed by atoms with van der Waals surface area (Å²) in [5, 5.41) is 7.63. The molecular formula is C29H56N8. The molecule has 0 unspecified atom stereocenters. The highest BCUT2D eigenvalue weighted by molar-refractivity contribution is 5.47.